The van der Waals surface area contributed by atoms with Gasteiger partial charge in [-0.15, -0.1) is 0 Å². The van der Waals surface area contributed by atoms with Crippen molar-refractivity contribution in [3.05, 3.63) is 35.6 Å². The minimum absolute atomic E-state index is 0.162. The third-order valence-electron chi connectivity index (χ3n) is 3.65. The summed E-state index contributed by atoms with van der Waals surface area (Å²) < 4.78 is 12.9. The third-order valence-corrected chi connectivity index (χ3v) is 3.65. The Labute approximate surface area is 103 Å². The summed E-state index contributed by atoms with van der Waals surface area (Å²) in [5.41, 5.74) is 1.19. The van der Waals surface area contributed by atoms with Crippen molar-refractivity contribution in [2.45, 2.75) is 25.3 Å². The highest BCUT2D eigenvalue weighted by Gasteiger charge is 2.18. The summed E-state index contributed by atoms with van der Waals surface area (Å²) in [5, 5.41) is 6.73. The van der Waals surface area contributed by atoms with Gasteiger partial charge in [0.25, 0.3) is 0 Å². The van der Waals surface area contributed by atoms with Gasteiger partial charge in [0, 0.05) is 6.04 Å². The van der Waals surface area contributed by atoms with Crippen LogP contribution in [0.4, 0.5) is 4.39 Å². The van der Waals surface area contributed by atoms with Gasteiger partial charge >= 0.3 is 0 Å². The number of nitrogens with one attached hydrogen (secondary N) is 2. The van der Waals surface area contributed by atoms with Crippen molar-refractivity contribution in [2.75, 3.05) is 20.1 Å². The van der Waals surface area contributed by atoms with E-state index in [1.807, 2.05) is 19.2 Å². The van der Waals surface area contributed by atoms with Crippen molar-refractivity contribution < 1.29 is 4.39 Å². The summed E-state index contributed by atoms with van der Waals surface area (Å²) in [6.45, 7) is 2.26. The number of hydrogen-bond donors (Lipinski definition) is 2. The fourth-order valence-corrected chi connectivity index (χ4v) is 2.57. The number of halogens is 1. The fraction of sp³-hybridized carbons (Fsp3) is 0.571. The molecule has 2 nitrogen and oxygen atoms in total. The van der Waals surface area contributed by atoms with Gasteiger partial charge in [0.15, 0.2) is 0 Å². The van der Waals surface area contributed by atoms with Crippen LogP contribution < -0.4 is 10.6 Å². The van der Waals surface area contributed by atoms with Gasteiger partial charge in [0.1, 0.15) is 5.82 Å². The lowest BCUT2D eigenvalue weighted by Gasteiger charge is -2.27. The lowest BCUT2D eigenvalue weighted by Crippen LogP contribution is -2.30. The summed E-state index contributed by atoms with van der Waals surface area (Å²) >= 11 is 0. The van der Waals surface area contributed by atoms with Crippen LogP contribution >= 0.6 is 0 Å². The second kappa shape index (κ2) is 6.12. The minimum Gasteiger partial charge on any atom is -0.317 e. The Bertz CT molecular complexity index is 331. The van der Waals surface area contributed by atoms with E-state index in [9.17, 15) is 4.39 Å². The largest absolute Gasteiger partial charge is 0.317 e. The van der Waals surface area contributed by atoms with E-state index in [1.165, 1.54) is 18.4 Å². The second-order valence-corrected chi connectivity index (χ2v) is 4.82. The molecule has 0 amide bonds. The first-order chi connectivity index (χ1) is 8.29. The molecule has 0 saturated carbocycles. The highest BCUT2D eigenvalue weighted by Crippen LogP contribution is 2.26. The number of hydrogen-bond acceptors (Lipinski definition) is 2. The predicted octanol–water partition coefficient (Wildman–Crippen LogP) is 2.48. The Balaban J connectivity index is 1.97. The van der Waals surface area contributed by atoms with Crippen molar-refractivity contribution >= 4 is 0 Å². The molecule has 2 N–H and O–H groups in total. The van der Waals surface area contributed by atoms with E-state index >= 15 is 0 Å². The van der Waals surface area contributed by atoms with Crippen LogP contribution in [0.15, 0.2) is 24.3 Å². The highest BCUT2D eigenvalue weighted by molar-refractivity contribution is 5.19. The summed E-state index contributed by atoms with van der Waals surface area (Å²) in [7, 11) is 1.98. The van der Waals surface area contributed by atoms with E-state index < -0.39 is 0 Å². The number of benzene rings is 1. The molecule has 94 valence electrons. The van der Waals surface area contributed by atoms with Gasteiger partial charge < -0.3 is 10.6 Å². The smallest absolute Gasteiger partial charge is 0.123 e. The zero-order valence-electron chi connectivity index (χ0n) is 10.4. The van der Waals surface area contributed by atoms with Crippen LogP contribution in [-0.2, 0) is 0 Å². The maximum Gasteiger partial charge on any atom is 0.123 e. The molecule has 3 heteroatoms. The molecule has 1 aromatic rings. The summed E-state index contributed by atoms with van der Waals surface area (Å²) in [4.78, 5) is 0. The van der Waals surface area contributed by atoms with Gasteiger partial charge in [-0.05, 0) is 63.0 Å². The van der Waals surface area contributed by atoms with Crippen molar-refractivity contribution in [2.24, 2.45) is 5.92 Å². The molecule has 1 fully saturated rings. The van der Waals surface area contributed by atoms with Gasteiger partial charge in [0.2, 0.25) is 0 Å². The molecule has 1 unspecified atom stereocenters. The first kappa shape index (κ1) is 12.5. The molecule has 2 rings (SSSR count). The molecule has 1 heterocycles. The highest BCUT2D eigenvalue weighted by atomic mass is 19.1. The first-order valence-electron chi connectivity index (χ1n) is 6.43. The Morgan fingerprint density at radius 3 is 2.53 bits per heavy atom. The fourth-order valence-electron chi connectivity index (χ4n) is 2.57. The second-order valence-electron chi connectivity index (χ2n) is 4.82. The normalized spacial score (nSPS) is 19.2. The van der Waals surface area contributed by atoms with E-state index in [2.05, 4.69) is 10.6 Å². The standard InChI is InChI=1S/C14H21FN2/c1-16-14(10-11-6-8-17-9-7-11)12-2-4-13(15)5-3-12/h2-5,11,14,16-17H,6-10H2,1H3. The van der Waals surface area contributed by atoms with E-state index in [1.54, 1.807) is 12.1 Å². The zero-order valence-corrected chi connectivity index (χ0v) is 10.4. The quantitative estimate of drug-likeness (QED) is 0.839. The molecule has 1 saturated heterocycles. The van der Waals surface area contributed by atoms with E-state index in [4.69, 9.17) is 0 Å². The molecule has 1 aliphatic heterocycles. The van der Waals surface area contributed by atoms with Crippen LogP contribution in [0.5, 0.6) is 0 Å². The van der Waals surface area contributed by atoms with Gasteiger partial charge in [-0.1, -0.05) is 12.1 Å². The maximum absolute atomic E-state index is 12.9. The maximum atomic E-state index is 12.9. The Kier molecular flexibility index (Phi) is 4.51. The Hall–Kier alpha value is -0.930. The average Bonchev–Trinajstić information content (AvgIpc) is 2.38. The molecule has 17 heavy (non-hydrogen) atoms. The van der Waals surface area contributed by atoms with E-state index in [0.29, 0.717) is 6.04 Å². The zero-order chi connectivity index (χ0) is 12.1. The monoisotopic (exact) mass is 236 g/mol. The lowest BCUT2D eigenvalue weighted by atomic mass is 9.88. The molecule has 0 bridgehead atoms. The van der Waals surface area contributed by atoms with Crippen LogP contribution in [0.3, 0.4) is 0 Å². The predicted molar refractivity (Wildman–Crippen MR) is 68.4 cm³/mol. The molecule has 0 radical (unpaired) electrons. The van der Waals surface area contributed by atoms with Crippen molar-refractivity contribution in [1.82, 2.24) is 10.6 Å². The van der Waals surface area contributed by atoms with Gasteiger partial charge in [-0.3, -0.25) is 0 Å². The Morgan fingerprint density at radius 2 is 1.94 bits per heavy atom. The summed E-state index contributed by atoms with van der Waals surface area (Å²) in [6, 6.07) is 7.21. The van der Waals surface area contributed by atoms with Crippen LogP contribution in [-0.4, -0.2) is 20.1 Å². The number of piperidine rings is 1. The molecular weight excluding hydrogens is 215 g/mol. The third kappa shape index (κ3) is 3.51. The van der Waals surface area contributed by atoms with E-state index in [0.717, 1.165) is 25.4 Å². The number of rotatable bonds is 4. The average molecular weight is 236 g/mol. The topological polar surface area (TPSA) is 24.1 Å². The van der Waals surface area contributed by atoms with Crippen molar-refractivity contribution in [3.63, 3.8) is 0 Å². The molecule has 0 aromatic heterocycles. The van der Waals surface area contributed by atoms with Gasteiger partial charge in [-0.25, -0.2) is 4.39 Å². The molecule has 0 aliphatic carbocycles. The van der Waals surface area contributed by atoms with Gasteiger partial charge in [0.05, 0.1) is 0 Å². The molecule has 0 spiro atoms. The Morgan fingerprint density at radius 1 is 1.29 bits per heavy atom. The van der Waals surface area contributed by atoms with Crippen molar-refractivity contribution in [1.29, 1.82) is 0 Å². The lowest BCUT2D eigenvalue weighted by molar-refractivity contribution is 0.318. The SMILES string of the molecule is CNC(CC1CCNCC1)c1ccc(F)cc1. The first-order valence-corrected chi connectivity index (χ1v) is 6.43. The summed E-state index contributed by atoms with van der Waals surface area (Å²) in [6.07, 6.45) is 3.64. The summed E-state index contributed by atoms with van der Waals surface area (Å²) in [5.74, 6) is 0.615. The molecular formula is C14H21FN2. The molecule has 1 aromatic carbocycles. The van der Waals surface area contributed by atoms with E-state index in [-0.39, 0.29) is 5.82 Å². The van der Waals surface area contributed by atoms with Crippen molar-refractivity contribution in [3.8, 4) is 0 Å². The van der Waals surface area contributed by atoms with Crippen LogP contribution in [0.1, 0.15) is 30.9 Å². The van der Waals surface area contributed by atoms with Crippen LogP contribution in [0.25, 0.3) is 0 Å². The minimum atomic E-state index is -0.162. The van der Waals surface area contributed by atoms with Crippen LogP contribution in [0.2, 0.25) is 0 Å². The van der Waals surface area contributed by atoms with Gasteiger partial charge in [-0.2, -0.15) is 0 Å². The molecule has 1 aliphatic rings. The molecule has 1 atom stereocenters. The van der Waals surface area contributed by atoms with Crippen LogP contribution in [0, 0.1) is 11.7 Å².